The Labute approximate surface area is 156 Å². The van der Waals surface area contributed by atoms with Crippen LogP contribution in [0.3, 0.4) is 0 Å². The molecule has 1 saturated heterocycles. The van der Waals surface area contributed by atoms with Crippen molar-refractivity contribution in [1.29, 1.82) is 0 Å². The monoisotopic (exact) mass is 371 g/mol. The summed E-state index contributed by atoms with van der Waals surface area (Å²) in [6.07, 6.45) is 3.92. The Morgan fingerprint density at radius 2 is 2.15 bits per heavy atom. The van der Waals surface area contributed by atoms with Crippen LogP contribution in [0.1, 0.15) is 18.4 Å². The first kappa shape index (κ1) is 17.5. The fraction of sp³-hybridized carbons (Fsp3) is 0.421. The Kier molecular flexibility index (Phi) is 4.93. The molecule has 2 N–H and O–H groups in total. The average molecular weight is 371 g/mol. The number of benzene rings is 1. The fourth-order valence-electron chi connectivity index (χ4n) is 3.53. The van der Waals surface area contributed by atoms with Gasteiger partial charge >= 0.3 is 0 Å². The molecule has 4 atom stereocenters. The van der Waals surface area contributed by atoms with Gasteiger partial charge in [-0.1, -0.05) is 30.3 Å². The highest BCUT2D eigenvalue weighted by Gasteiger charge is 2.40. The van der Waals surface area contributed by atoms with Gasteiger partial charge in [-0.25, -0.2) is 0 Å². The van der Waals surface area contributed by atoms with Crippen LogP contribution in [0.5, 0.6) is 0 Å². The number of aliphatic hydroxyl groups excluding tert-OH is 1. The number of rotatable bonds is 5. The summed E-state index contributed by atoms with van der Waals surface area (Å²) in [5.74, 6) is -0.147. The molecule has 0 radical (unpaired) electrons. The summed E-state index contributed by atoms with van der Waals surface area (Å²) in [6.45, 7) is 0.731. The molecule has 0 aliphatic carbocycles. The van der Waals surface area contributed by atoms with Gasteiger partial charge in [0.15, 0.2) is 5.78 Å². The minimum Gasteiger partial charge on any atom is -0.391 e. The molecule has 3 aliphatic rings. The molecule has 1 aromatic carbocycles. The summed E-state index contributed by atoms with van der Waals surface area (Å²) in [7, 11) is 0. The zero-order chi connectivity index (χ0) is 18.1. The summed E-state index contributed by atoms with van der Waals surface area (Å²) in [4.78, 5) is 32.0. The molecule has 1 amide bonds. The number of carbonyl (C=O) groups is 2. The van der Waals surface area contributed by atoms with E-state index in [1.807, 2.05) is 36.4 Å². The van der Waals surface area contributed by atoms with Gasteiger partial charge in [0.2, 0.25) is 5.91 Å². The van der Waals surface area contributed by atoms with Gasteiger partial charge in [0.05, 0.1) is 25.0 Å². The second kappa shape index (κ2) is 7.34. The van der Waals surface area contributed by atoms with Crippen LogP contribution in [0.25, 0.3) is 4.91 Å². The fourth-order valence-corrected chi connectivity index (χ4v) is 4.82. The number of nitrogens with one attached hydrogen (secondary N) is 1. The molecule has 0 spiro atoms. The van der Waals surface area contributed by atoms with Crippen LogP contribution < -0.4 is 5.32 Å². The van der Waals surface area contributed by atoms with E-state index in [1.165, 1.54) is 23.0 Å². The van der Waals surface area contributed by atoms with Gasteiger partial charge in [-0.3, -0.25) is 19.5 Å². The van der Waals surface area contributed by atoms with Gasteiger partial charge in [-0.15, -0.1) is 11.8 Å². The largest absolute Gasteiger partial charge is 0.391 e. The number of hydrogen-bond donors (Lipinski definition) is 2. The van der Waals surface area contributed by atoms with E-state index < -0.39 is 6.10 Å². The van der Waals surface area contributed by atoms with Crippen molar-refractivity contribution in [3.05, 3.63) is 42.0 Å². The standard InChI is InChI=1S/C19H21N3O3S/c23-13(8-14-16(24)6-7-20-14)10-22-11-21-15-9-17(26-18(15)19(22)25)12-4-2-1-3-5-12/h1-5,9,11,14-16,18,20,24H,6-8,10H2/t14?,15?,16-,18?/m1/s1. The van der Waals surface area contributed by atoms with Crippen LogP contribution in [0, 0.1) is 0 Å². The van der Waals surface area contributed by atoms with Crippen molar-refractivity contribution >= 4 is 34.7 Å². The van der Waals surface area contributed by atoms with Crippen molar-refractivity contribution in [3.63, 3.8) is 0 Å². The first-order valence-corrected chi connectivity index (χ1v) is 9.70. The third kappa shape index (κ3) is 3.47. The van der Waals surface area contributed by atoms with Crippen LogP contribution in [-0.2, 0) is 9.59 Å². The Balaban J connectivity index is 1.38. The predicted molar refractivity (Wildman–Crippen MR) is 102 cm³/mol. The molecule has 0 bridgehead atoms. The maximum Gasteiger partial charge on any atom is 0.244 e. The average Bonchev–Trinajstić information content (AvgIpc) is 3.25. The number of aliphatic imine (C=N–C) groups is 1. The highest BCUT2D eigenvalue weighted by atomic mass is 32.2. The maximum absolute atomic E-state index is 12.8. The van der Waals surface area contributed by atoms with Crippen LogP contribution in [-0.4, -0.2) is 64.6 Å². The lowest BCUT2D eigenvalue weighted by molar-refractivity contribution is -0.131. The Morgan fingerprint density at radius 1 is 1.35 bits per heavy atom. The van der Waals surface area contributed by atoms with Gasteiger partial charge in [-0.2, -0.15) is 0 Å². The molecule has 1 aromatic rings. The molecule has 0 aromatic heterocycles. The molecule has 4 rings (SSSR count). The lowest BCUT2D eigenvalue weighted by Crippen LogP contribution is -2.47. The second-order valence-corrected chi connectivity index (χ2v) is 8.00. The Morgan fingerprint density at radius 3 is 2.88 bits per heavy atom. The van der Waals surface area contributed by atoms with Crippen molar-refractivity contribution < 1.29 is 14.7 Å². The zero-order valence-corrected chi connectivity index (χ0v) is 15.1. The number of amides is 1. The minimum absolute atomic E-state index is 0.0116. The second-order valence-electron chi connectivity index (χ2n) is 6.82. The van der Waals surface area contributed by atoms with Crippen molar-refractivity contribution in [3.8, 4) is 0 Å². The number of fused-ring (bicyclic) bond motifs is 1. The van der Waals surface area contributed by atoms with E-state index in [1.54, 1.807) is 0 Å². The summed E-state index contributed by atoms with van der Waals surface area (Å²) in [6, 6.07) is 9.56. The van der Waals surface area contributed by atoms with E-state index in [2.05, 4.69) is 10.3 Å². The zero-order valence-electron chi connectivity index (χ0n) is 14.2. The number of thioether (sulfide) groups is 1. The lowest BCUT2D eigenvalue weighted by Gasteiger charge is -2.27. The van der Waals surface area contributed by atoms with Crippen molar-refractivity contribution in [2.24, 2.45) is 4.99 Å². The highest BCUT2D eigenvalue weighted by molar-refractivity contribution is 8.09. The first-order valence-electron chi connectivity index (χ1n) is 8.82. The number of aliphatic hydroxyl groups is 1. The van der Waals surface area contributed by atoms with E-state index in [-0.39, 0.29) is 42.0 Å². The molecular weight excluding hydrogens is 350 g/mol. The van der Waals surface area contributed by atoms with E-state index in [0.29, 0.717) is 6.42 Å². The molecule has 136 valence electrons. The first-order chi connectivity index (χ1) is 12.6. The number of ketones is 1. The molecule has 3 heterocycles. The topological polar surface area (TPSA) is 82.0 Å². The Bertz CT molecular complexity index is 765. The molecule has 3 unspecified atom stereocenters. The Hall–Kier alpha value is -1.96. The van der Waals surface area contributed by atoms with Crippen LogP contribution in [0.4, 0.5) is 0 Å². The SMILES string of the molecule is O=C(CC1NCC[C@H]1O)CN1C=NC2C=C(c3ccccc3)SC2C1=O. The van der Waals surface area contributed by atoms with E-state index >= 15 is 0 Å². The summed E-state index contributed by atoms with van der Waals surface area (Å²) < 4.78 is 0. The van der Waals surface area contributed by atoms with Gasteiger partial charge < -0.3 is 10.4 Å². The van der Waals surface area contributed by atoms with Crippen LogP contribution in [0.15, 0.2) is 41.4 Å². The maximum atomic E-state index is 12.8. The predicted octanol–water partition coefficient (Wildman–Crippen LogP) is 1.06. The molecule has 26 heavy (non-hydrogen) atoms. The summed E-state index contributed by atoms with van der Waals surface area (Å²) in [5.41, 5.74) is 1.08. The van der Waals surface area contributed by atoms with Gasteiger partial charge in [-0.05, 0) is 24.6 Å². The number of carbonyl (C=O) groups excluding carboxylic acids is 2. The molecule has 6 nitrogen and oxygen atoms in total. The summed E-state index contributed by atoms with van der Waals surface area (Å²) in [5, 5.41) is 12.6. The quantitative estimate of drug-likeness (QED) is 0.809. The van der Waals surface area contributed by atoms with E-state index in [9.17, 15) is 14.7 Å². The highest BCUT2D eigenvalue weighted by Crippen LogP contribution is 2.42. The van der Waals surface area contributed by atoms with E-state index in [4.69, 9.17) is 0 Å². The van der Waals surface area contributed by atoms with Gasteiger partial charge in [0.1, 0.15) is 5.25 Å². The van der Waals surface area contributed by atoms with Crippen molar-refractivity contribution in [1.82, 2.24) is 10.2 Å². The van der Waals surface area contributed by atoms with Crippen LogP contribution >= 0.6 is 11.8 Å². The minimum atomic E-state index is -0.489. The lowest BCUT2D eigenvalue weighted by atomic mass is 10.1. The smallest absolute Gasteiger partial charge is 0.244 e. The number of nitrogens with zero attached hydrogens (tertiary/aromatic N) is 2. The molecule has 3 aliphatic heterocycles. The third-order valence-corrected chi connectivity index (χ3v) is 6.31. The number of Topliss-reactive ketones (excluding diaryl/α,β-unsaturated/α-hetero) is 1. The number of hydrogen-bond acceptors (Lipinski definition) is 6. The molecule has 0 saturated carbocycles. The van der Waals surface area contributed by atoms with Crippen LogP contribution in [0.2, 0.25) is 0 Å². The van der Waals surface area contributed by atoms with Crippen molar-refractivity contribution in [2.75, 3.05) is 13.1 Å². The molecule has 1 fully saturated rings. The third-order valence-electron chi connectivity index (χ3n) is 4.95. The van der Waals surface area contributed by atoms with Crippen molar-refractivity contribution in [2.45, 2.75) is 36.3 Å². The molecular formula is C19H21N3O3S. The summed E-state index contributed by atoms with van der Waals surface area (Å²) >= 11 is 1.51. The normalized spacial score (nSPS) is 30.4. The molecule has 7 heteroatoms. The van der Waals surface area contributed by atoms with E-state index in [0.717, 1.165) is 17.0 Å². The van der Waals surface area contributed by atoms with Gasteiger partial charge in [0.25, 0.3) is 0 Å². The van der Waals surface area contributed by atoms with Gasteiger partial charge in [0, 0.05) is 17.4 Å².